The van der Waals surface area contributed by atoms with Gasteiger partial charge in [0.25, 0.3) is 0 Å². The lowest BCUT2D eigenvalue weighted by Crippen LogP contribution is -2.38. The third-order valence-electron chi connectivity index (χ3n) is 5.53. The zero-order chi connectivity index (χ0) is 14.0. The normalized spacial score (nSPS) is 25.0. The average Bonchev–Trinajstić information content (AvgIpc) is 3.22. The summed E-state index contributed by atoms with van der Waals surface area (Å²) in [7, 11) is 0. The molecule has 0 aromatic heterocycles. The van der Waals surface area contributed by atoms with Gasteiger partial charge in [-0.25, -0.2) is 0 Å². The molecule has 3 rings (SSSR count). The van der Waals surface area contributed by atoms with E-state index in [9.17, 15) is 0 Å². The predicted octanol–water partition coefficient (Wildman–Crippen LogP) is 4.66. The predicted molar refractivity (Wildman–Crippen MR) is 86.2 cm³/mol. The molecule has 1 aromatic rings. The van der Waals surface area contributed by atoms with Crippen LogP contribution in [0.5, 0.6) is 0 Å². The quantitative estimate of drug-likeness (QED) is 0.793. The largest absolute Gasteiger partial charge is 0.313 e. The number of aryl methyl sites for hydroxylation is 1. The minimum atomic E-state index is 0.585. The maximum atomic E-state index is 3.85. The van der Waals surface area contributed by atoms with Crippen LogP contribution in [-0.2, 0) is 6.42 Å². The van der Waals surface area contributed by atoms with E-state index in [0.29, 0.717) is 5.41 Å². The van der Waals surface area contributed by atoms with Crippen LogP contribution in [-0.4, -0.2) is 12.6 Å². The van der Waals surface area contributed by atoms with Crippen LogP contribution >= 0.6 is 0 Å². The molecule has 0 bridgehead atoms. The van der Waals surface area contributed by atoms with Crippen molar-refractivity contribution in [2.45, 2.75) is 70.8 Å². The molecule has 0 amide bonds. The van der Waals surface area contributed by atoms with Gasteiger partial charge in [-0.1, -0.05) is 38.1 Å². The van der Waals surface area contributed by atoms with Gasteiger partial charge in [0.15, 0.2) is 0 Å². The molecule has 2 aliphatic carbocycles. The van der Waals surface area contributed by atoms with Crippen molar-refractivity contribution >= 4 is 0 Å². The smallest absolute Gasteiger partial charge is 0.0127 e. The summed E-state index contributed by atoms with van der Waals surface area (Å²) in [5.41, 5.74) is 3.84. The molecule has 2 unspecified atom stereocenters. The molecule has 0 aliphatic heterocycles. The topological polar surface area (TPSA) is 12.0 Å². The van der Waals surface area contributed by atoms with Gasteiger partial charge < -0.3 is 5.32 Å². The van der Waals surface area contributed by atoms with Crippen LogP contribution in [0.4, 0.5) is 0 Å². The van der Waals surface area contributed by atoms with Crippen LogP contribution in [0.15, 0.2) is 24.3 Å². The first-order chi connectivity index (χ1) is 9.73. The molecule has 110 valence electrons. The van der Waals surface area contributed by atoms with Crippen molar-refractivity contribution in [3.63, 3.8) is 0 Å². The Kier molecular flexibility index (Phi) is 4.16. The van der Waals surface area contributed by atoms with Crippen LogP contribution in [0.3, 0.4) is 0 Å². The summed E-state index contributed by atoms with van der Waals surface area (Å²) in [6.07, 6.45) is 9.47. The minimum Gasteiger partial charge on any atom is -0.313 e. The van der Waals surface area contributed by atoms with Gasteiger partial charge in [0.1, 0.15) is 0 Å². The zero-order valence-electron chi connectivity index (χ0n) is 13.1. The van der Waals surface area contributed by atoms with E-state index in [0.717, 1.165) is 12.0 Å². The van der Waals surface area contributed by atoms with Crippen LogP contribution in [0, 0.1) is 5.41 Å². The fourth-order valence-electron chi connectivity index (χ4n) is 3.86. The van der Waals surface area contributed by atoms with E-state index in [1.54, 1.807) is 11.1 Å². The monoisotopic (exact) mass is 271 g/mol. The molecule has 0 spiro atoms. The van der Waals surface area contributed by atoms with Crippen molar-refractivity contribution in [3.8, 4) is 0 Å². The maximum Gasteiger partial charge on any atom is 0.0127 e. The van der Waals surface area contributed by atoms with Gasteiger partial charge in [-0.05, 0) is 74.0 Å². The molecule has 1 aromatic carbocycles. The minimum absolute atomic E-state index is 0.585. The lowest BCUT2D eigenvalue weighted by atomic mass is 9.77. The van der Waals surface area contributed by atoms with Gasteiger partial charge in [-0.3, -0.25) is 0 Å². The molecular formula is C19H29N. The van der Waals surface area contributed by atoms with Crippen LogP contribution < -0.4 is 5.32 Å². The third-order valence-corrected chi connectivity index (χ3v) is 5.53. The molecule has 1 fully saturated rings. The van der Waals surface area contributed by atoms with Gasteiger partial charge in [0.2, 0.25) is 0 Å². The molecule has 2 atom stereocenters. The second kappa shape index (κ2) is 5.89. The van der Waals surface area contributed by atoms with Crippen LogP contribution in [0.25, 0.3) is 0 Å². The van der Waals surface area contributed by atoms with E-state index < -0.39 is 0 Å². The molecule has 0 heterocycles. The number of benzene rings is 1. The summed E-state index contributed by atoms with van der Waals surface area (Å²) >= 11 is 0. The second-order valence-corrected chi connectivity index (χ2v) is 7.18. The van der Waals surface area contributed by atoms with E-state index in [-0.39, 0.29) is 0 Å². The van der Waals surface area contributed by atoms with Crippen LogP contribution in [0.1, 0.15) is 69.4 Å². The molecule has 1 saturated carbocycles. The summed E-state index contributed by atoms with van der Waals surface area (Å²) in [5, 5.41) is 3.85. The number of hydrogen-bond acceptors (Lipinski definition) is 1. The lowest BCUT2D eigenvalue weighted by Gasteiger charge is -2.32. The summed E-state index contributed by atoms with van der Waals surface area (Å²) < 4.78 is 0. The Morgan fingerprint density at radius 3 is 2.85 bits per heavy atom. The first-order valence-corrected chi connectivity index (χ1v) is 8.54. The fraction of sp³-hybridized carbons (Fsp3) is 0.684. The first kappa shape index (κ1) is 14.1. The van der Waals surface area contributed by atoms with E-state index in [1.165, 1.54) is 51.5 Å². The first-order valence-electron chi connectivity index (χ1n) is 8.54. The highest BCUT2D eigenvalue weighted by atomic mass is 14.9. The van der Waals surface area contributed by atoms with E-state index in [1.807, 2.05) is 0 Å². The SMILES string of the molecule is CCCNC(CC1CCCc2ccccc21)C1(C)CC1. The summed E-state index contributed by atoms with van der Waals surface area (Å²) in [6.45, 7) is 5.93. The Bertz CT molecular complexity index is 447. The third kappa shape index (κ3) is 2.93. The van der Waals surface area contributed by atoms with Crippen LogP contribution in [0.2, 0.25) is 0 Å². The average molecular weight is 271 g/mol. The maximum absolute atomic E-state index is 3.85. The van der Waals surface area contributed by atoms with Crippen molar-refractivity contribution < 1.29 is 0 Å². The number of hydrogen-bond donors (Lipinski definition) is 1. The highest BCUT2D eigenvalue weighted by Gasteiger charge is 2.45. The number of fused-ring (bicyclic) bond motifs is 1. The Hall–Kier alpha value is -0.820. The Morgan fingerprint density at radius 2 is 2.10 bits per heavy atom. The lowest BCUT2D eigenvalue weighted by molar-refractivity contribution is 0.306. The van der Waals surface area contributed by atoms with Gasteiger partial charge in [-0.15, -0.1) is 0 Å². The van der Waals surface area contributed by atoms with Crippen molar-refractivity contribution in [2.24, 2.45) is 5.41 Å². The standard InChI is InChI=1S/C19H29N/c1-3-13-20-18(19(2)11-12-19)14-16-9-6-8-15-7-4-5-10-17(15)16/h4-5,7,10,16,18,20H,3,6,8-9,11-14H2,1-2H3. The summed E-state index contributed by atoms with van der Waals surface area (Å²) in [6, 6.07) is 9.87. The molecule has 0 saturated heterocycles. The molecule has 1 N–H and O–H groups in total. The van der Waals surface area contributed by atoms with Crippen molar-refractivity contribution in [1.29, 1.82) is 0 Å². The summed E-state index contributed by atoms with van der Waals surface area (Å²) in [4.78, 5) is 0. The summed E-state index contributed by atoms with van der Waals surface area (Å²) in [5.74, 6) is 0.784. The van der Waals surface area contributed by atoms with E-state index in [2.05, 4.69) is 43.4 Å². The Balaban J connectivity index is 1.72. The van der Waals surface area contributed by atoms with Gasteiger partial charge in [-0.2, -0.15) is 0 Å². The van der Waals surface area contributed by atoms with Crippen molar-refractivity contribution in [2.75, 3.05) is 6.54 Å². The highest BCUT2D eigenvalue weighted by Crippen LogP contribution is 2.51. The Morgan fingerprint density at radius 1 is 1.30 bits per heavy atom. The fourth-order valence-corrected chi connectivity index (χ4v) is 3.86. The molecule has 1 heteroatoms. The molecular weight excluding hydrogens is 242 g/mol. The van der Waals surface area contributed by atoms with Crippen molar-refractivity contribution in [3.05, 3.63) is 35.4 Å². The van der Waals surface area contributed by atoms with Gasteiger partial charge >= 0.3 is 0 Å². The second-order valence-electron chi connectivity index (χ2n) is 7.18. The molecule has 1 nitrogen and oxygen atoms in total. The number of nitrogens with one attached hydrogen (secondary N) is 1. The van der Waals surface area contributed by atoms with Crippen molar-refractivity contribution in [1.82, 2.24) is 5.32 Å². The van der Waals surface area contributed by atoms with Gasteiger partial charge in [0, 0.05) is 6.04 Å². The molecule has 0 radical (unpaired) electrons. The van der Waals surface area contributed by atoms with E-state index in [4.69, 9.17) is 0 Å². The molecule has 20 heavy (non-hydrogen) atoms. The number of rotatable bonds is 6. The molecule has 2 aliphatic rings. The zero-order valence-corrected chi connectivity index (χ0v) is 13.1. The van der Waals surface area contributed by atoms with E-state index >= 15 is 0 Å². The highest BCUT2D eigenvalue weighted by molar-refractivity contribution is 5.32. The Labute approximate surface area is 124 Å². The van der Waals surface area contributed by atoms with Gasteiger partial charge in [0.05, 0.1) is 0 Å².